The van der Waals surface area contributed by atoms with Gasteiger partial charge >= 0.3 is 0 Å². The quantitative estimate of drug-likeness (QED) is 0.850. The van der Waals surface area contributed by atoms with E-state index in [4.69, 9.17) is 6.42 Å². The molecule has 0 unspecified atom stereocenters. The molecule has 0 spiro atoms. The van der Waals surface area contributed by atoms with Crippen LogP contribution in [0.1, 0.15) is 18.9 Å². The lowest BCUT2D eigenvalue weighted by Crippen LogP contribution is -2.41. The lowest BCUT2D eigenvalue weighted by Gasteiger charge is -2.26. The number of rotatable bonds is 2. The number of hydrogen-bond donors (Lipinski definition) is 1. The molecule has 3 rings (SSSR count). The van der Waals surface area contributed by atoms with Gasteiger partial charge in [0.15, 0.2) is 0 Å². The Morgan fingerprint density at radius 1 is 1.39 bits per heavy atom. The third-order valence-corrected chi connectivity index (χ3v) is 6.21. The molecule has 1 aromatic carbocycles. The molecule has 0 aliphatic carbocycles. The summed E-state index contributed by atoms with van der Waals surface area (Å²) in [5.41, 5.74) is 0.502. The highest BCUT2D eigenvalue weighted by atomic mass is 32.2. The van der Waals surface area contributed by atoms with Crippen molar-refractivity contribution in [2.75, 3.05) is 19.6 Å². The number of terminal acetylenes is 1. The van der Waals surface area contributed by atoms with Gasteiger partial charge in [0.05, 0.1) is 10.5 Å². The fraction of sp³-hybridized carbons (Fsp3) is 0.353. The minimum Gasteiger partial charge on any atom is -0.315 e. The normalized spacial score (nSPS) is 20.1. The first-order valence-corrected chi connectivity index (χ1v) is 9.05. The van der Waals surface area contributed by atoms with Crippen LogP contribution in [0.15, 0.2) is 35.5 Å². The fourth-order valence-corrected chi connectivity index (χ4v) is 4.91. The van der Waals surface area contributed by atoms with Gasteiger partial charge < -0.3 is 5.32 Å². The van der Waals surface area contributed by atoms with E-state index in [-0.39, 0.29) is 10.9 Å². The van der Waals surface area contributed by atoms with Crippen LogP contribution in [0.25, 0.3) is 10.8 Å². The second-order valence-corrected chi connectivity index (χ2v) is 7.57. The van der Waals surface area contributed by atoms with E-state index >= 15 is 0 Å². The van der Waals surface area contributed by atoms with E-state index in [1.807, 2.05) is 13.0 Å². The van der Waals surface area contributed by atoms with Gasteiger partial charge in [-0.1, -0.05) is 18.1 Å². The Morgan fingerprint density at radius 2 is 2.22 bits per heavy atom. The van der Waals surface area contributed by atoms with Crippen molar-refractivity contribution in [2.45, 2.75) is 24.3 Å². The molecule has 5 nitrogen and oxygen atoms in total. The van der Waals surface area contributed by atoms with Crippen LogP contribution in [0.3, 0.4) is 0 Å². The van der Waals surface area contributed by atoms with Crippen LogP contribution in [0.2, 0.25) is 0 Å². The van der Waals surface area contributed by atoms with Gasteiger partial charge in [-0.2, -0.15) is 4.31 Å². The second kappa shape index (κ2) is 6.28. The summed E-state index contributed by atoms with van der Waals surface area (Å²) in [7, 11) is -3.62. The first kappa shape index (κ1) is 15.9. The third kappa shape index (κ3) is 2.83. The van der Waals surface area contributed by atoms with Crippen molar-refractivity contribution in [2.24, 2.45) is 0 Å². The summed E-state index contributed by atoms with van der Waals surface area (Å²) in [6, 6.07) is 5.09. The lowest BCUT2D eigenvalue weighted by molar-refractivity contribution is 0.354. The smallest absolute Gasteiger partial charge is 0.244 e. The predicted octanol–water partition coefficient (Wildman–Crippen LogP) is 1.59. The minimum atomic E-state index is -3.62. The Hall–Kier alpha value is -1.94. The number of aromatic nitrogens is 1. The number of pyridine rings is 1. The molecule has 1 aromatic heterocycles. The molecule has 6 heteroatoms. The first-order valence-electron chi connectivity index (χ1n) is 7.61. The van der Waals surface area contributed by atoms with Gasteiger partial charge in [-0.15, -0.1) is 6.42 Å². The third-order valence-electron chi connectivity index (χ3n) is 4.15. The topological polar surface area (TPSA) is 62.3 Å². The number of hydrogen-bond acceptors (Lipinski definition) is 4. The van der Waals surface area contributed by atoms with Gasteiger partial charge in [-0.25, -0.2) is 8.42 Å². The zero-order chi connectivity index (χ0) is 16.4. The van der Waals surface area contributed by atoms with Crippen LogP contribution in [0.4, 0.5) is 0 Å². The fourth-order valence-electron chi connectivity index (χ4n) is 3.00. The average Bonchev–Trinajstić information content (AvgIpc) is 2.78. The second-order valence-electron chi connectivity index (χ2n) is 5.71. The van der Waals surface area contributed by atoms with E-state index in [0.29, 0.717) is 24.0 Å². The number of fused-ring (bicyclic) bond motifs is 1. The monoisotopic (exact) mass is 329 g/mol. The van der Waals surface area contributed by atoms with E-state index in [1.165, 1.54) is 6.20 Å². The molecule has 1 fully saturated rings. The minimum absolute atomic E-state index is 0.103. The Bertz CT molecular complexity index is 866. The molecule has 1 saturated heterocycles. The highest BCUT2D eigenvalue weighted by Crippen LogP contribution is 2.29. The van der Waals surface area contributed by atoms with Crippen molar-refractivity contribution in [3.8, 4) is 12.3 Å². The molecule has 23 heavy (non-hydrogen) atoms. The van der Waals surface area contributed by atoms with Gasteiger partial charge in [-0.3, -0.25) is 4.98 Å². The SMILES string of the molecule is C#Cc1cncc2cccc(S(=O)(=O)N3CCCNC[C@H]3C)c12. The molecule has 2 aromatic rings. The van der Waals surface area contributed by atoms with Crippen molar-refractivity contribution in [3.63, 3.8) is 0 Å². The lowest BCUT2D eigenvalue weighted by atomic mass is 10.1. The van der Waals surface area contributed by atoms with Crippen molar-refractivity contribution in [3.05, 3.63) is 36.2 Å². The molecule has 2 heterocycles. The first-order chi connectivity index (χ1) is 11.1. The Labute approximate surface area is 136 Å². The van der Waals surface area contributed by atoms with Gasteiger partial charge in [0, 0.05) is 42.3 Å². The maximum absolute atomic E-state index is 13.2. The van der Waals surface area contributed by atoms with Crippen LogP contribution in [0.5, 0.6) is 0 Å². The zero-order valence-electron chi connectivity index (χ0n) is 13.0. The maximum Gasteiger partial charge on any atom is 0.244 e. The number of benzene rings is 1. The summed E-state index contributed by atoms with van der Waals surface area (Å²) >= 11 is 0. The number of nitrogens with one attached hydrogen (secondary N) is 1. The van der Waals surface area contributed by atoms with Crippen molar-refractivity contribution >= 4 is 20.8 Å². The van der Waals surface area contributed by atoms with Crippen molar-refractivity contribution in [1.82, 2.24) is 14.6 Å². The molecule has 1 aliphatic rings. The summed E-state index contributed by atoms with van der Waals surface area (Å²) in [5, 5.41) is 4.58. The van der Waals surface area contributed by atoms with Crippen LogP contribution >= 0.6 is 0 Å². The van der Waals surface area contributed by atoms with E-state index in [2.05, 4.69) is 16.2 Å². The highest BCUT2D eigenvalue weighted by molar-refractivity contribution is 7.89. The molecule has 0 radical (unpaired) electrons. The summed E-state index contributed by atoms with van der Waals surface area (Å²) in [5.74, 6) is 2.55. The molecule has 0 amide bonds. The van der Waals surface area contributed by atoms with Crippen molar-refractivity contribution < 1.29 is 8.42 Å². The predicted molar refractivity (Wildman–Crippen MR) is 90.5 cm³/mol. The maximum atomic E-state index is 13.2. The van der Waals surface area contributed by atoms with Crippen LogP contribution < -0.4 is 5.32 Å². The summed E-state index contributed by atoms with van der Waals surface area (Å²) in [4.78, 5) is 4.35. The highest BCUT2D eigenvalue weighted by Gasteiger charge is 2.31. The van der Waals surface area contributed by atoms with E-state index in [9.17, 15) is 8.42 Å². The summed E-state index contributed by atoms with van der Waals surface area (Å²) in [6.45, 7) is 3.90. The molecule has 1 atom stereocenters. The average molecular weight is 329 g/mol. The van der Waals surface area contributed by atoms with E-state index in [1.54, 1.807) is 22.6 Å². The van der Waals surface area contributed by atoms with Gasteiger partial charge in [-0.05, 0) is 26.0 Å². The molecule has 0 saturated carbocycles. The number of sulfonamides is 1. The van der Waals surface area contributed by atoms with Gasteiger partial charge in [0.25, 0.3) is 0 Å². The van der Waals surface area contributed by atoms with Crippen LogP contribution in [-0.2, 0) is 10.0 Å². The van der Waals surface area contributed by atoms with Crippen LogP contribution in [-0.4, -0.2) is 43.4 Å². The van der Waals surface area contributed by atoms with E-state index in [0.717, 1.165) is 18.4 Å². The molecule has 1 N–H and O–H groups in total. The Morgan fingerprint density at radius 3 is 3.00 bits per heavy atom. The van der Waals surface area contributed by atoms with Gasteiger partial charge in [0.2, 0.25) is 10.0 Å². The summed E-state index contributed by atoms with van der Waals surface area (Å²) in [6.07, 6.45) is 9.52. The molecule has 1 aliphatic heterocycles. The molecular weight excluding hydrogens is 310 g/mol. The zero-order valence-corrected chi connectivity index (χ0v) is 13.8. The summed E-state index contributed by atoms with van der Waals surface area (Å²) < 4.78 is 28.1. The van der Waals surface area contributed by atoms with E-state index < -0.39 is 10.0 Å². The standard InChI is InChI=1S/C17H19N3O2S/c1-3-14-11-19-12-15-6-4-7-16(17(14)15)23(21,22)20-9-5-8-18-10-13(20)2/h1,4,6-7,11-13,18H,5,8-10H2,2H3/t13-/m1/s1. The molecule has 120 valence electrons. The molecular formula is C17H19N3O2S. The number of nitrogens with zero attached hydrogens (tertiary/aromatic N) is 2. The molecule has 0 bridgehead atoms. The largest absolute Gasteiger partial charge is 0.315 e. The van der Waals surface area contributed by atoms with Gasteiger partial charge in [0.1, 0.15) is 0 Å². The Balaban J connectivity index is 2.21. The van der Waals surface area contributed by atoms with Crippen molar-refractivity contribution in [1.29, 1.82) is 0 Å². The Kier molecular flexibility index (Phi) is 4.35. The van der Waals surface area contributed by atoms with Crippen LogP contribution in [0, 0.1) is 12.3 Å².